The van der Waals surface area contributed by atoms with E-state index in [1.54, 1.807) is 71.9 Å². The van der Waals surface area contributed by atoms with Crippen LogP contribution in [0.2, 0.25) is 0 Å². The molecule has 0 N–H and O–H groups in total. The molecule has 9 heteroatoms. The van der Waals surface area contributed by atoms with E-state index in [0.29, 0.717) is 11.3 Å². The van der Waals surface area contributed by atoms with E-state index in [-0.39, 0.29) is 46.9 Å². The first kappa shape index (κ1) is 32.3. The fourth-order valence-electron chi connectivity index (χ4n) is 3.66. The fraction of sp³-hybridized carbons (Fsp3) is 0.452. The predicted molar refractivity (Wildman–Crippen MR) is 152 cm³/mol. The number of nitrogens with zero attached hydrogens (tertiary/aromatic N) is 1. The van der Waals surface area contributed by atoms with Crippen molar-refractivity contribution in [1.29, 1.82) is 0 Å². The average molecular weight is 558 g/mol. The number of unbranched alkanes of at least 4 members (excludes halogenated alkanes) is 1. The van der Waals surface area contributed by atoms with Gasteiger partial charge in [-0.1, -0.05) is 37.6 Å². The summed E-state index contributed by atoms with van der Waals surface area (Å²) in [6.45, 7) is 16.9. The summed E-state index contributed by atoms with van der Waals surface area (Å²) in [6.07, 6.45) is 0.402. The number of carbonyl (C=O) groups is 3. The molecule has 0 aromatic heterocycles. The summed E-state index contributed by atoms with van der Waals surface area (Å²) >= 11 is 0. The molecule has 0 unspecified atom stereocenters. The molecule has 218 valence electrons. The van der Waals surface area contributed by atoms with Gasteiger partial charge in [0.25, 0.3) is 0 Å². The van der Waals surface area contributed by atoms with Gasteiger partial charge in [-0.2, -0.15) is 4.90 Å². The van der Waals surface area contributed by atoms with Crippen LogP contribution in [0.1, 0.15) is 82.8 Å². The molecule has 2 rings (SSSR count). The Morgan fingerprint density at radius 1 is 0.975 bits per heavy atom. The van der Waals surface area contributed by atoms with Crippen LogP contribution in [0.15, 0.2) is 43.0 Å². The first-order chi connectivity index (χ1) is 18.6. The quantitative estimate of drug-likeness (QED) is 0.134. The van der Waals surface area contributed by atoms with Crippen LogP contribution in [0.25, 0.3) is 0 Å². The molecule has 8 nitrogen and oxygen atoms in total. The summed E-state index contributed by atoms with van der Waals surface area (Å²) in [4.78, 5) is 41.3. The van der Waals surface area contributed by atoms with E-state index in [4.69, 9.17) is 18.9 Å². The van der Waals surface area contributed by atoms with Crippen molar-refractivity contribution in [3.8, 4) is 11.5 Å². The molecule has 0 spiro atoms. The summed E-state index contributed by atoms with van der Waals surface area (Å²) in [7, 11) is 0. The molecule has 0 aliphatic carbocycles. The topological polar surface area (TPSA) is 91.4 Å². The maximum Gasteiger partial charge on any atom is 0.424 e. The van der Waals surface area contributed by atoms with Gasteiger partial charge >= 0.3 is 18.2 Å². The largest absolute Gasteiger partial charge is 0.490 e. The van der Waals surface area contributed by atoms with E-state index >= 15 is 4.39 Å². The molecule has 2 aromatic carbocycles. The number of allylic oxidation sites excluding steroid dienone is 1. The smallest absolute Gasteiger partial charge is 0.424 e. The van der Waals surface area contributed by atoms with Crippen molar-refractivity contribution in [2.45, 2.75) is 85.9 Å². The molecular weight excluding hydrogens is 517 g/mol. The van der Waals surface area contributed by atoms with Gasteiger partial charge in [-0.3, -0.25) is 0 Å². The van der Waals surface area contributed by atoms with E-state index in [1.165, 1.54) is 13.0 Å². The lowest BCUT2D eigenvalue weighted by molar-refractivity contribution is 0.0426. The highest BCUT2D eigenvalue weighted by molar-refractivity contribution is 6.13. The highest BCUT2D eigenvalue weighted by atomic mass is 19.1. The number of esters is 1. The Morgan fingerprint density at radius 2 is 1.52 bits per heavy atom. The minimum atomic E-state index is -1.13. The van der Waals surface area contributed by atoms with Gasteiger partial charge in [0.15, 0.2) is 5.75 Å². The number of para-hydroxylation sites is 1. The van der Waals surface area contributed by atoms with Crippen LogP contribution in [-0.4, -0.2) is 36.0 Å². The number of halogens is 1. The lowest BCUT2D eigenvalue weighted by atomic mass is 9.97. The standard InChI is InChI=1S/C31H40FNO7/c1-10-12-19-37-26-23(27(34)38-21-17-14-13-15-18-21)20(3)24(32)22(16-11-2)25(26)33(28(35)39-30(4,5)6)29(36)40-31(7,8)9/h11,13-15,17-18H,2,10,12,16,19H2,1,3-9H3. The zero-order valence-corrected chi connectivity index (χ0v) is 24.7. The van der Waals surface area contributed by atoms with E-state index in [1.807, 2.05) is 6.92 Å². The van der Waals surface area contributed by atoms with Crippen molar-refractivity contribution in [3.05, 3.63) is 65.5 Å². The highest BCUT2D eigenvalue weighted by Crippen LogP contribution is 2.42. The van der Waals surface area contributed by atoms with E-state index in [0.717, 1.165) is 6.42 Å². The Hall–Kier alpha value is -3.88. The Balaban J connectivity index is 2.95. The summed E-state index contributed by atoms with van der Waals surface area (Å²) < 4.78 is 38.8. The molecule has 0 saturated carbocycles. The highest BCUT2D eigenvalue weighted by Gasteiger charge is 2.40. The zero-order chi connectivity index (χ0) is 30.3. The zero-order valence-electron chi connectivity index (χ0n) is 24.7. The van der Waals surface area contributed by atoms with Crippen LogP contribution >= 0.6 is 0 Å². The average Bonchev–Trinajstić information content (AvgIpc) is 2.82. The molecule has 0 heterocycles. The summed E-state index contributed by atoms with van der Waals surface area (Å²) in [5.41, 5.74) is -2.76. The summed E-state index contributed by atoms with van der Waals surface area (Å²) in [5, 5.41) is 0. The van der Waals surface area contributed by atoms with E-state index in [2.05, 4.69) is 6.58 Å². The third kappa shape index (κ3) is 8.56. The van der Waals surface area contributed by atoms with Crippen molar-refractivity contribution < 1.29 is 37.7 Å². The monoisotopic (exact) mass is 557 g/mol. The maximum absolute atomic E-state index is 16.1. The van der Waals surface area contributed by atoms with Gasteiger partial charge in [-0.25, -0.2) is 18.8 Å². The Bertz CT molecular complexity index is 1200. The van der Waals surface area contributed by atoms with E-state index in [9.17, 15) is 14.4 Å². The van der Waals surface area contributed by atoms with Gasteiger partial charge in [0.05, 0.1) is 6.61 Å². The molecule has 0 radical (unpaired) electrons. The predicted octanol–water partition coefficient (Wildman–Crippen LogP) is 7.94. The van der Waals surface area contributed by atoms with Crippen molar-refractivity contribution in [1.82, 2.24) is 0 Å². The second-order valence-electron chi connectivity index (χ2n) is 11.2. The van der Waals surface area contributed by atoms with Gasteiger partial charge in [0.2, 0.25) is 0 Å². The van der Waals surface area contributed by atoms with Gasteiger partial charge < -0.3 is 18.9 Å². The van der Waals surface area contributed by atoms with Gasteiger partial charge in [0.1, 0.15) is 34.0 Å². The van der Waals surface area contributed by atoms with E-state index < -0.39 is 35.2 Å². The molecule has 2 aromatic rings. The molecule has 0 bridgehead atoms. The van der Waals surface area contributed by atoms with Crippen LogP contribution < -0.4 is 14.4 Å². The maximum atomic E-state index is 16.1. The molecule has 0 atom stereocenters. The first-order valence-corrected chi connectivity index (χ1v) is 13.2. The molecule has 0 aliphatic rings. The molecule has 0 saturated heterocycles. The number of rotatable bonds is 9. The minimum absolute atomic E-state index is 0.0682. The molecular formula is C31H40FNO7. The Morgan fingerprint density at radius 3 is 2.00 bits per heavy atom. The molecule has 2 amide bonds. The second kappa shape index (κ2) is 13.5. The number of hydrogen-bond donors (Lipinski definition) is 0. The van der Waals surface area contributed by atoms with Crippen molar-refractivity contribution in [2.24, 2.45) is 0 Å². The first-order valence-electron chi connectivity index (χ1n) is 13.2. The number of imide groups is 1. The lowest BCUT2D eigenvalue weighted by Gasteiger charge is -2.31. The SMILES string of the molecule is C=CCc1c(F)c(C)c(C(=O)Oc2ccccc2)c(OCCCC)c1N(C(=O)OC(C)(C)C)C(=O)OC(C)(C)C. The number of anilines is 1. The van der Waals surface area contributed by atoms with Crippen molar-refractivity contribution in [2.75, 3.05) is 11.5 Å². The molecule has 40 heavy (non-hydrogen) atoms. The summed E-state index contributed by atoms with van der Waals surface area (Å²) in [5.74, 6) is -1.72. The van der Waals surface area contributed by atoms with Gasteiger partial charge in [0, 0.05) is 11.1 Å². The number of hydrogen-bond acceptors (Lipinski definition) is 7. The normalized spacial score (nSPS) is 11.4. The minimum Gasteiger partial charge on any atom is -0.490 e. The number of benzene rings is 2. The van der Waals surface area contributed by atoms with Crippen LogP contribution in [0.3, 0.4) is 0 Å². The second-order valence-corrected chi connectivity index (χ2v) is 11.2. The number of carbonyl (C=O) groups excluding carboxylic acids is 3. The molecule has 0 fully saturated rings. The number of amides is 2. The van der Waals surface area contributed by atoms with Crippen LogP contribution in [0.4, 0.5) is 19.7 Å². The van der Waals surface area contributed by atoms with Crippen molar-refractivity contribution in [3.63, 3.8) is 0 Å². The van der Waals surface area contributed by atoms with Crippen molar-refractivity contribution >= 4 is 23.8 Å². The van der Waals surface area contributed by atoms with Crippen LogP contribution in [-0.2, 0) is 15.9 Å². The van der Waals surface area contributed by atoms with Crippen LogP contribution in [0.5, 0.6) is 11.5 Å². The third-order valence-electron chi connectivity index (χ3n) is 5.32. The molecule has 0 aliphatic heterocycles. The van der Waals surface area contributed by atoms with Gasteiger partial charge in [-0.15, -0.1) is 6.58 Å². The number of ether oxygens (including phenoxy) is 4. The summed E-state index contributed by atoms with van der Waals surface area (Å²) in [6, 6.07) is 8.26. The lowest BCUT2D eigenvalue weighted by Crippen LogP contribution is -2.44. The van der Waals surface area contributed by atoms with Crippen LogP contribution in [0, 0.1) is 12.7 Å². The Labute approximate surface area is 236 Å². The Kier molecular flexibility index (Phi) is 10.9. The third-order valence-corrected chi connectivity index (χ3v) is 5.32. The fourth-order valence-corrected chi connectivity index (χ4v) is 3.66. The van der Waals surface area contributed by atoms with Gasteiger partial charge in [-0.05, 0) is 73.4 Å².